The molecular formula is C27H25N3NiO3-2. The van der Waals surface area contributed by atoms with Crippen molar-refractivity contribution in [1.29, 1.82) is 0 Å². The molecule has 34 heavy (non-hydrogen) atoms. The molecule has 178 valence electrons. The van der Waals surface area contributed by atoms with Gasteiger partial charge in [-0.1, -0.05) is 78.9 Å². The number of para-hydroxylation sites is 1. The zero-order valence-electron chi connectivity index (χ0n) is 18.6. The number of hydrogen-bond donors (Lipinski definition) is 0. The van der Waals surface area contributed by atoms with E-state index in [0.717, 1.165) is 24.9 Å². The molecule has 0 radical (unpaired) electrons. The van der Waals surface area contributed by atoms with Crippen LogP contribution in [-0.2, 0) is 27.8 Å². The summed E-state index contributed by atoms with van der Waals surface area (Å²) < 4.78 is 0. The number of nitrogens with zero attached hydrogens (tertiary/aromatic N) is 3. The van der Waals surface area contributed by atoms with Crippen LogP contribution < -0.4 is 10.2 Å². The Hall–Kier alpha value is -3.28. The summed E-state index contributed by atoms with van der Waals surface area (Å²) in [5.41, 5.74) is 3.49. The van der Waals surface area contributed by atoms with Crippen molar-refractivity contribution in [3.05, 3.63) is 102 Å². The Kier molecular flexibility index (Phi) is 9.14. The van der Waals surface area contributed by atoms with Gasteiger partial charge < -0.3 is 15.0 Å². The molecule has 1 saturated heterocycles. The van der Waals surface area contributed by atoms with E-state index in [1.54, 1.807) is 6.07 Å². The molecule has 7 heteroatoms. The maximum atomic E-state index is 13.2. The number of carbonyl (C=O) groups is 1. The van der Waals surface area contributed by atoms with E-state index in [4.69, 9.17) is 0 Å². The predicted molar refractivity (Wildman–Crippen MR) is 125 cm³/mol. The normalized spacial score (nSPS) is 16.8. The van der Waals surface area contributed by atoms with E-state index in [9.17, 15) is 15.0 Å². The standard InChI is InChI=1S/C27H27N3O3.Ni/c31-25(32)18-28-26(21-12-5-2-6-13-21)22-14-7-8-15-23(22)29-27(33)24-16-9-17-30(24)19-20-10-3-1-4-11-20;/h1-8,10-15,24H,9,16-19H2,(H,29,33)(H,31,32);/p-2/t24-;/m0./s1. The minimum Gasteiger partial charge on any atom is -0.861 e. The number of hydrogen-bond acceptors (Lipinski definition) is 6. The summed E-state index contributed by atoms with van der Waals surface area (Å²) in [5.74, 6) is -1.46. The summed E-state index contributed by atoms with van der Waals surface area (Å²) in [6, 6.07) is 26.3. The molecule has 0 amide bonds. The Morgan fingerprint density at radius 1 is 0.912 bits per heavy atom. The van der Waals surface area contributed by atoms with Gasteiger partial charge in [0.05, 0.1) is 23.9 Å². The number of carboxylic acids is 1. The minimum atomic E-state index is -1.27. The summed E-state index contributed by atoms with van der Waals surface area (Å²) in [6.45, 7) is 1.08. The fraction of sp³-hybridized carbons (Fsp3) is 0.222. The number of carbonyl (C=O) groups excluding carboxylic acids is 1. The first-order valence-electron chi connectivity index (χ1n) is 11.0. The van der Waals surface area contributed by atoms with Crippen molar-refractivity contribution in [3.8, 4) is 0 Å². The SMILES string of the molecule is O=C([O-])CN=C(c1ccccc1)c1ccccc1N=C([O-])[C@@H]1CCCN1Cc1ccccc1.[Ni]. The van der Waals surface area contributed by atoms with Crippen molar-refractivity contribution in [2.24, 2.45) is 9.98 Å². The average Bonchev–Trinajstić information content (AvgIpc) is 3.29. The van der Waals surface area contributed by atoms with Crippen LogP contribution in [0.4, 0.5) is 5.69 Å². The Morgan fingerprint density at radius 3 is 2.26 bits per heavy atom. The number of likely N-dealkylation sites (tertiary alicyclic amines) is 1. The van der Waals surface area contributed by atoms with Gasteiger partial charge in [-0.25, -0.2) is 0 Å². The molecule has 0 saturated carbocycles. The molecule has 1 aliphatic heterocycles. The molecule has 1 fully saturated rings. The largest absolute Gasteiger partial charge is 0.861 e. The molecule has 0 bridgehead atoms. The Balaban J connectivity index is 0.00000324. The van der Waals surface area contributed by atoms with Gasteiger partial charge in [0.15, 0.2) is 0 Å². The predicted octanol–water partition coefficient (Wildman–Crippen LogP) is 2.33. The third kappa shape index (κ3) is 6.40. The van der Waals surface area contributed by atoms with Crippen LogP contribution in [0, 0.1) is 0 Å². The number of rotatable bonds is 8. The maximum absolute atomic E-state index is 13.2. The van der Waals surface area contributed by atoms with Gasteiger partial charge >= 0.3 is 0 Å². The average molecular weight is 498 g/mol. The topological polar surface area (TPSA) is 91.1 Å². The van der Waals surface area contributed by atoms with Gasteiger partial charge in [0, 0.05) is 40.2 Å². The van der Waals surface area contributed by atoms with Crippen LogP contribution in [0.25, 0.3) is 0 Å². The summed E-state index contributed by atoms with van der Waals surface area (Å²) in [7, 11) is 0. The smallest absolute Gasteiger partial charge is 0.0792 e. The van der Waals surface area contributed by atoms with E-state index in [1.165, 1.54) is 5.56 Å². The van der Waals surface area contributed by atoms with Crippen molar-refractivity contribution in [2.75, 3.05) is 13.1 Å². The fourth-order valence-electron chi connectivity index (χ4n) is 4.15. The minimum absolute atomic E-state index is 0. The van der Waals surface area contributed by atoms with Gasteiger partial charge in [0.2, 0.25) is 0 Å². The second-order valence-electron chi connectivity index (χ2n) is 7.98. The second kappa shape index (κ2) is 12.3. The van der Waals surface area contributed by atoms with Crippen LogP contribution in [0.2, 0.25) is 0 Å². The molecule has 4 rings (SSSR count). The molecule has 0 N–H and O–H groups in total. The Morgan fingerprint density at radius 2 is 1.56 bits per heavy atom. The molecule has 0 spiro atoms. The zero-order valence-corrected chi connectivity index (χ0v) is 19.6. The second-order valence-corrected chi connectivity index (χ2v) is 7.98. The first-order valence-corrected chi connectivity index (χ1v) is 11.0. The zero-order chi connectivity index (χ0) is 23.0. The number of aliphatic carboxylic acids is 1. The van der Waals surface area contributed by atoms with Gasteiger partial charge in [-0.2, -0.15) is 0 Å². The monoisotopic (exact) mass is 497 g/mol. The van der Waals surface area contributed by atoms with Crippen molar-refractivity contribution in [2.45, 2.75) is 25.4 Å². The molecular weight excluding hydrogens is 473 g/mol. The first kappa shape index (κ1) is 25.3. The van der Waals surface area contributed by atoms with E-state index in [2.05, 4.69) is 27.0 Å². The van der Waals surface area contributed by atoms with Crippen LogP contribution >= 0.6 is 0 Å². The maximum Gasteiger partial charge on any atom is 0.0792 e. The van der Waals surface area contributed by atoms with E-state index in [0.29, 0.717) is 23.5 Å². The van der Waals surface area contributed by atoms with Gasteiger partial charge in [-0.05, 0) is 36.9 Å². The molecule has 3 aromatic rings. The van der Waals surface area contributed by atoms with E-state index >= 15 is 0 Å². The summed E-state index contributed by atoms with van der Waals surface area (Å²) in [6.07, 6.45) is 1.71. The fourth-order valence-corrected chi connectivity index (χ4v) is 4.15. The van der Waals surface area contributed by atoms with E-state index < -0.39 is 12.5 Å². The molecule has 0 aliphatic carbocycles. The van der Waals surface area contributed by atoms with Crippen LogP contribution in [0.1, 0.15) is 29.5 Å². The molecule has 1 aliphatic rings. The summed E-state index contributed by atoms with van der Waals surface area (Å²) in [5, 5.41) is 24.3. The number of carboxylic acid groups (broad SMARTS) is 1. The number of benzene rings is 3. The van der Waals surface area contributed by atoms with Crippen LogP contribution in [0.15, 0.2) is 94.9 Å². The van der Waals surface area contributed by atoms with E-state index in [-0.39, 0.29) is 28.4 Å². The Labute approximate surface area is 209 Å². The molecule has 1 atom stereocenters. The molecule has 1 heterocycles. The molecule has 0 aromatic heterocycles. The van der Waals surface area contributed by atoms with Gasteiger partial charge in [-0.3, -0.25) is 14.9 Å². The van der Waals surface area contributed by atoms with Gasteiger partial charge in [-0.15, -0.1) is 0 Å². The van der Waals surface area contributed by atoms with Crippen LogP contribution in [0.3, 0.4) is 0 Å². The molecule has 3 aromatic carbocycles. The molecule has 0 unspecified atom stereocenters. The third-order valence-electron chi connectivity index (χ3n) is 5.68. The van der Waals surface area contributed by atoms with Gasteiger partial charge in [0.1, 0.15) is 0 Å². The summed E-state index contributed by atoms with van der Waals surface area (Å²) in [4.78, 5) is 22.0. The third-order valence-corrected chi connectivity index (χ3v) is 5.68. The first-order chi connectivity index (χ1) is 16.1. The number of aliphatic imine (C=N–C) groups is 2. The van der Waals surface area contributed by atoms with Crippen molar-refractivity contribution < 1.29 is 31.5 Å². The summed E-state index contributed by atoms with van der Waals surface area (Å²) >= 11 is 0. The van der Waals surface area contributed by atoms with Crippen LogP contribution in [-0.4, -0.2) is 41.6 Å². The molecule has 6 nitrogen and oxygen atoms in total. The quantitative estimate of drug-likeness (QED) is 0.271. The van der Waals surface area contributed by atoms with Gasteiger partial charge in [0.25, 0.3) is 0 Å². The van der Waals surface area contributed by atoms with Crippen molar-refractivity contribution >= 4 is 23.3 Å². The van der Waals surface area contributed by atoms with E-state index in [1.807, 2.05) is 66.7 Å². The van der Waals surface area contributed by atoms with Crippen molar-refractivity contribution in [3.63, 3.8) is 0 Å². The Bertz CT molecular complexity index is 1150. The van der Waals surface area contributed by atoms with Crippen LogP contribution in [0.5, 0.6) is 0 Å². The van der Waals surface area contributed by atoms with Crippen molar-refractivity contribution in [1.82, 2.24) is 4.90 Å².